The molecule has 0 saturated carbocycles. The van der Waals surface area contributed by atoms with Gasteiger partial charge in [0.05, 0.1) is 33.6 Å². The van der Waals surface area contributed by atoms with Gasteiger partial charge in [-0.3, -0.25) is 0 Å². The lowest BCUT2D eigenvalue weighted by molar-refractivity contribution is 0.281. The van der Waals surface area contributed by atoms with Gasteiger partial charge in [0.2, 0.25) is 0 Å². The van der Waals surface area contributed by atoms with Gasteiger partial charge in [-0.05, 0) is 12.1 Å². The SMILES string of the molecule is OCc1nc2cc3sc(CO)nc3cc2s1. The molecule has 3 rings (SSSR count). The van der Waals surface area contributed by atoms with Crippen LogP contribution in [0.2, 0.25) is 0 Å². The van der Waals surface area contributed by atoms with Crippen molar-refractivity contribution in [2.24, 2.45) is 0 Å². The third-order valence-corrected chi connectivity index (χ3v) is 4.26. The molecule has 0 unspecified atom stereocenters. The van der Waals surface area contributed by atoms with Crippen molar-refractivity contribution in [2.75, 3.05) is 0 Å². The van der Waals surface area contributed by atoms with E-state index in [0.717, 1.165) is 30.4 Å². The summed E-state index contributed by atoms with van der Waals surface area (Å²) in [5.41, 5.74) is 1.77. The van der Waals surface area contributed by atoms with Crippen LogP contribution in [0.15, 0.2) is 12.1 Å². The van der Waals surface area contributed by atoms with Gasteiger partial charge in [0.1, 0.15) is 10.0 Å². The first kappa shape index (κ1) is 10.1. The van der Waals surface area contributed by atoms with Crippen LogP contribution in [-0.4, -0.2) is 20.2 Å². The maximum absolute atomic E-state index is 9.01. The number of aliphatic hydroxyl groups is 2. The molecule has 0 amide bonds. The highest BCUT2D eigenvalue weighted by atomic mass is 32.1. The summed E-state index contributed by atoms with van der Waals surface area (Å²) >= 11 is 2.94. The van der Waals surface area contributed by atoms with Crippen LogP contribution < -0.4 is 0 Å². The highest BCUT2D eigenvalue weighted by Gasteiger charge is 2.08. The number of hydrogen-bond donors (Lipinski definition) is 2. The van der Waals surface area contributed by atoms with E-state index in [1.807, 2.05) is 12.1 Å². The van der Waals surface area contributed by atoms with Crippen molar-refractivity contribution in [1.29, 1.82) is 0 Å². The fraction of sp³-hybridized carbons (Fsp3) is 0.200. The van der Waals surface area contributed by atoms with Gasteiger partial charge in [-0.1, -0.05) is 0 Å². The number of aliphatic hydroxyl groups excluding tert-OH is 2. The lowest BCUT2D eigenvalue weighted by Crippen LogP contribution is -1.77. The number of fused-ring (bicyclic) bond motifs is 2. The zero-order valence-electron chi connectivity index (χ0n) is 8.17. The molecule has 2 aromatic heterocycles. The van der Waals surface area contributed by atoms with Crippen LogP contribution in [0.5, 0.6) is 0 Å². The molecule has 4 nitrogen and oxygen atoms in total. The molecule has 0 fully saturated rings. The Morgan fingerprint density at radius 3 is 1.69 bits per heavy atom. The summed E-state index contributed by atoms with van der Waals surface area (Å²) < 4.78 is 2.04. The Morgan fingerprint density at radius 1 is 0.875 bits per heavy atom. The van der Waals surface area contributed by atoms with Crippen LogP contribution in [0.4, 0.5) is 0 Å². The Hall–Kier alpha value is -1.08. The van der Waals surface area contributed by atoms with Crippen LogP contribution in [0.3, 0.4) is 0 Å². The number of benzene rings is 1. The smallest absolute Gasteiger partial charge is 0.119 e. The molecule has 0 bridgehead atoms. The van der Waals surface area contributed by atoms with Crippen molar-refractivity contribution in [1.82, 2.24) is 9.97 Å². The second-order valence-corrected chi connectivity index (χ2v) is 5.55. The molecular weight excluding hydrogens is 244 g/mol. The maximum Gasteiger partial charge on any atom is 0.119 e. The fourth-order valence-electron chi connectivity index (χ4n) is 1.58. The number of thiazole rings is 2. The summed E-state index contributed by atoms with van der Waals surface area (Å²) in [5, 5.41) is 19.5. The van der Waals surface area contributed by atoms with Gasteiger partial charge in [0, 0.05) is 0 Å². The predicted molar refractivity (Wildman–Crippen MR) is 64.6 cm³/mol. The number of hydrogen-bond acceptors (Lipinski definition) is 6. The molecule has 0 atom stereocenters. The third-order valence-electron chi connectivity index (χ3n) is 2.26. The number of nitrogens with zero attached hydrogens (tertiary/aromatic N) is 2. The molecule has 0 saturated heterocycles. The average Bonchev–Trinajstić information content (AvgIpc) is 2.86. The Balaban J connectivity index is 2.28. The number of rotatable bonds is 2. The van der Waals surface area contributed by atoms with Gasteiger partial charge < -0.3 is 10.2 Å². The minimum atomic E-state index is -0.0255. The van der Waals surface area contributed by atoms with Crippen LogP contribution >= 0.6 is 22.7 Å². The van der Waals surface area contributed by atoms with E-state index in [2.05, 4.69) is 9.97 Å². The molecule has 3 aromatic rings. The van der Waals surface area contributed by atoms with Gasteiger partial charge in [-0.25, -0.2) is 9.97 Å². The van der Waals surface area contributed by atoms with Crippen LogP contribution in [0.1, 0.15) is 10.0 Å². The summed E-state index contributed by atoms with van der Waals surface area (Å²) in [6.45, 7) is -0.0510. The van der Waals surface area contributed by atoms with Crippen LogP contribution in [0.25, 0.3) is 20.4 Å². The van der Waals surface area contributed by atoms with Crippen molar-refractivity contribution in [3.8, 4) is 0 Å². The van der Waals surface area contributed by atoms with E-state index < -0.39 is 0 Å². The monoisotopic (exact) mass is 252 g/mol. The molecule has 2 heterocycles. The second kappa shape index (κ2) is 3.74. The van der Waals surface area contributed by atoms with E-state index in [4.69, 9.17) is 10.2 Å². The molecule has 0 radical (unpaired) electrons. The molecule has 6 heteroatoms. The zero-order chi connectivity index (χ0) is 11.1. The van der Waals surface area contributed by atoms with Crippen LogP contribution in [-0.2, 0) is 13.2 Å². The van der Waals surface area contributed by atoms with E-state index in [1.165, 1.54) is 22.7 Å². The number of aromatic nitrogens is 2. The summed E-state index contributed by atoms with van der Waals surface area (Å²) in [6, 6.07) is 3.91. The largest absolute Gasteiger partial charge is 0.389 e. The van der Waals surface area contributed by atoms with Crippen LogP contribution in [0, 0.1) is 0 Å². The lowest BCUT2D eigenvalue weighted by Gasteiger charge is -1.86. The van der Waals surface area contributed by atoms with Gasteiger partial charge in [0.15, 0.2) is 0 Å². The summed E-state index contributed by atoms with van der Waals surface area (Å²) in [7, 11) is 0. The lowest BCUT2D eigenvalue weighted by atomic mass is 10.3. The molecule has 0 aliphatic rings. The second-order valence-electron chi connectivity index (χ2n) is 3.32. The third kappa shape index (κ3) is 1.51. The van der Waals surface area contributed by atoms with Gasteiger partial charge in [-0.2, -0.15) is 0 Å². The van der Waals surface area contributed by atoms with Crippen molar-refractivity contribution in [3.63, 3.8) is 0 Å². The Kier molecular flexibility index (Phi) is 2.36. The highest BCUT2D eigenvalue weighted by molar-refractivity contribution is 7.20. The van der Waals surface area contributed by atoms with E-state index in [0.29, 0.717) is 0 Å². The molecule has 2 N–H and O–H groups in total. The minimum Gasteiger partial charge on any atom is -0.389 e. The van der Waals surface area contributed by atoms with Crippen molar-refractivity contribution >= 4 is 43.1 Å². The Morgan fingerprint density at radius 2 is 1.31 bits per heavy atom. The maximum atomic E-state index is 9.01. The quantitative estimate of drug-likeness (QED) is 0.731. The standard InChI is InChI=1S/C10H8N2O2S2/c13-3-9-11-5-1-7-6(2-8(5)16-9)12-10(4-14)15-7/h1-2,13-14H,3-4H2. The normalized spacial score (nSPS) is 11.6. The van der Waals surface area contributed by atoms with Gasteiger partial charge in [-0.15, -0.1) is 22.7 Å². The molecule has 0 aliphatic carbocycles. The first-order valence-corrected chi connectivity index (χ1v) is 6.34. The first-order valence-electron chi connectivity index (χ1n) is 4.71. The van der Waals surface area contributed by atoms with Crippen molar-refractivity contribution < 1.29 is 10.2 Å². The summed E-state index contributed by atoms with van der Waals surface area (Å²) in [6.07, 6.45) is 0. The molecule has 16 heavy (non-hydrogen) atoms. The van der Waals surface area contributed by atoms with Crippen molar-refractivity contribution in [2.45, 2.75) is 13.2 Å². The van der Waals surface area contributed by atoms with Gasteiger partial charge in [0.25, 0.3) is 0 Å². The Bertz CT molecular complexity index is 554. The Labute approximate surface area is 98.8 Å². The van der Waals surface area contributed by atoms with E-state index in [9.17, 15) is 0 Å². The summed E-state index contributed by atoms with van der Waals surface area (Å²) in [5.74, 6) is 0. The van der Waals surface area contributed by atoms with E-state index in [-0.39, 0.29) is 13.2 Å². The molecular formula is C10H8N2O2S2. The predicted octanol–water partition coefficient (Wildman–Crippen LogP) is 1.89. The molecule has 82 valence electrons. The van der Waals surface area contributed by atoms with E-state index >= 15 is 0 Å². The van der Waals surface area contributed by atoms with Crippen molar-refractivity contribution in [3.05, 3.63) is 22.1 Å². The topological polar surface area (TPSA) is 66.2 Å². The fourth-order valence-corrected chi connectivity index (χ4v) is 3.26. The minimum absolute atomic E-state index is 0.0255. The molecule has 1 aromatic carbocycles. The molecule has 0 spiro atoms. The first-order chi connectivity index (χ1) is 7.80. The average molecular weight is 252 g/mol. The molecule has 0 aliphatic heterocycles. The van der Waals surface area contributed by atoms with Gasteiger partial charge >= 0.3 is 0 Å². The van der Waals surface area contributed by atoms with E-state index in [1.54, 1.807) is 0 Å². The summed E-state index contributed by atoms with van der Waals surface area (Å²) in [4.78, 5) is 8.60. The zero-order valence-corrected chi connectivity index (χ0v) is 9.81. The highest BCUT2D eigenvalue weighted by Crippen LogP contribution is 2.30.